The molecule has 3 heterocycles. The Morgan fingerprint density at radius 2 is 2.12 bits per heavy atom. The van der Waals surface area contributed by atoms with Gasteiger partial charge < -0.3 is 10.1 Å². The van der Waals surface area contributed by atoms with Gasteiger partial charge in [0.2, 0.25) is 0 Å². The fourth-order valence-corrected chi connectivity index (χ4v) is 3.03. The van der Waals surface area contributed by atoms with Crippen LogP contribution in [0.15, 0.2) is 24.4 Å². The summed E-state index contributed by atoms with van der Waals surface area (Å²) in [5.41, 5.74) is 1.93. The summed E-state index contributed by atoms with van der Waals surface area (Å²) < 4.78 is 7.33. The van der Waals surface area contributed by atoms with Crippen LogP contribution in [-0.2, 0) is 4.74 Å². The number of fused-ring (bicyclic) bond motifs is 1. The second-order valence-electron chi connectivity index (χ2n) is 6.45. The van der Waals surface area contributed by atoms with E-state index in [4.69, 9.17) is 9.84 Å². The van der Waals surface area contributed by atoms with Crippen LogP contribution in [0.2, 0.25) is 0 Å². The number of anilines is 1. The van der Waals surface area contributed by atoms with Crippen LogP contribution < -0.4 is 5.32 Å². The number of aromatic nitrogens is 3. The molecule has 0 bridgehead atoms. The summed E-state index contributed by atoms with van der Waals surface area (Å²) in [4.78, 5) is 4.44. The monoisotopic (exact) mass is 328 g/mol. The third-order valence-corrected chi connectivity index (χ3v) is 4.47. The summed E-state index contributed by atoms with van der Waals surface area (Å²) in [6.07, 6.45) is 14.6. The standard InChI is InChI=1S/C19H28N4O/c1-2-3-4-5-6-7-8-17-15-20-19-10-9-18(22-23(17)19)21-16-11-13-24-14-12-16/h7-10,15-16H,2-6,11-14H2,1H3,(H,21,22). The van der Waals surface area contributed by atoms with Gasteiger partial charge in [0.05, 0.1) is 11.9 Å². The Labute approximate surface area is 144 Å². The van der Waals surface area contributed by atoms with Crippen molar-refractivity contribution in [1.82, 2.24) is 14.6 Å². The zero-order valence-electron chi connectivity index (χ0n) is 14.6. The molecule has 0 aliphatic carbocycles. The van der Waals surface area contributed by atoms with Gasteiger partial charge in [-0.1, -0.05) is 32.3 Å². The molecular weight excluding hydrogens is 300 g/mol. The topological polar surface area (TPSA) is 51.5 Å². The summed E-state index contributed by atoms with van der Waals surface area (Å²) in [6, 6.07) is 4.48. The minimum absolute atomic E-state index is 0.449. The molecular formula is C19H28N4O. The number of hydrogen-bond donors (Lipinski definition) is 1. The number of imidazole rings is 1. The predicted octanol–water partition coefficient (Wildman–Crippen LogP) is 4.30. The van der Waals surface area contributed by atoms with Crippen molar-refractivity contribution < 1.29 is 4.74 Å². The molecule has 1 aliphatic heterocycles. The first-order chi connectivity index (χ1) is 11.9. The lowest BCUT2D eigenvalue weighted by molar-refractivity contribution is 0.0903. The number of hydrogen-bond acceptors (Lipinski definition) is 4. The van der Waals surface area contributed by atoms with Gasteiger partial charge in [-0.25, -0.2) is 9.50 Å². The van der Waals surface area contributed by atoms with Gasteiger partial charge in [0.15, 0.2) is 5.65 Å². The summed E-state index contributed by atoms with van der Waals surface area (Å²) in [6.45, 7) is 3.90. The maximum absolute atomic E-state index is 5.41. The highest BCUT2D eigenvalue weighted by atomic mass is 16.5. The molecule has 1 N–H and O–H groups in total. The zero-order valence-corrected chi connectivity index (χ0v) is 14.6. The Balaban J connectivity index is 1.63. The van der Waals surface area contributed by atoms with Crippen molar-refractivity contribution in [3.05, 3.63) is 30.1 Å². The van der Waals surface area contributed by atoms with Gasteiger partial charge in [-0.15, -0.1) is 5.10 Å². The fourth-order valence-electron chi connectivity index (χ4n) is 3.03. The minimum Gasteiger partial charge on any atom is -0.381 e. The normalized spacial score (nSPS) is 16.2. The number of ether oxygens (including phenoxy) is 1. The summed E-state index contributed by atoms with van der Waals surface area (Å²) in [7, 11) is 0. The Bertz CT molecular complexity index is 658. The van der Waals surface area contributed by atoms with Crippen LogP contribution >= 0.6 is 0 Å². The van der Waals surface area contributed by atoms with Crippen molar-refractivity contribution in [2.45, 2.75) is 57.9 Å². The molecule has 0 amide bonds. The largest absolute Gasteiger partial charge is 0.381 e. The van der Waals surface area contributed by atoms with Crippen molar-refractivity contribution >= 4 is 17.5 Å². The molecule has 0 unspecified atom stereocenters. The van der Waals surface area contributed by atoms with Gasteiger partial charge >= 0.3 is 0 Å². The van der Waals surface area contributed by atoms with Gasteiger partial charge in [0.1, 0.15) is 5.82 Å². The van der Waals surface area contributed by atoms with Crippen LogP contribution in [0, 0.1) is 0 Å². The quantitative estimate of drug-likeness (QED) is 0.734. The number of rotatable bonds is 8. The molecule has 1 fully saturated rings. The van der Waals surface area contributed by atoms with Crippen LogP contribution in [0.3, 0.4) is 0 Å². The van der Waals surface area contributed by atoms with Crippen LogP contribution in [0.1, 0.15) is 57.6 Å². The maximum Gasteiger partial charge on any atom is 0.154 e. The fraction of sp³-hybridized carbons (Fsp3) is 0.579. The maximum atomic E-state index is 5.41. The van der Waals surface area contributed by atoms with Crippen molar-refractivity contribution in [2.24, 2.45) is 0 Å². The molecule has 5 nitrogen and oxygen atoms in total. The molecule has 0 aromatic carbocycles. The van der Waals surface area contributed by atoms with Gasteiger partial charge in [-0.2, -0.15) is 0 Å². The van der Waals surface area contributed by atoms with Gasteiger partial charge in [0.25, 0.3) is 0 Å². The Kier molecular flexibility index (Phi) is 6.24. The van der Waals surface area contributed by atoms with Gasteiger partial charge in [-0.3, -0.25) is 0 Å². The highest BCUT2D eigenvalue weighted by Gasteiger charge is 2.14. The number of nitrogens with one attached hydrogen (secondary N) is 1. The molecule has 130 valence electrons. The Hall–Kier alpha value is -1.88. The average Bonchev–Trinajstić information content (AvgIpc) is 3.01. The Morgan fingerprint density at radius 3 is 2.96 bits per heavy atom. The van der Waals surface area contributed by atoms with Gasteiger partial charge in [-0.05, 0) is 43.9 Å². The van der Waals surface area contributed by atoms with E-state index in [9.17, 15) is 0 Å². The predicted molar refractivity (Wildman–Crippen MR) is 98.2 cm³/mol. The lowest BCUT2D eigenvalue weighted by Crippen LogP contribution is -2.28. The molecule has 0 saturated carbocycles. The van der Waals surface area contributed by atoms with E-state index in [1.807, 2.05) is 22.8 Å². The van der Waals surface area contributed by atoms with Crippen molar-refractivity contribution in [3.8, 4) is 0 Å². The third kappa shape index (κ3) is 4.57. The van der Waals surface area contributed by atoms with E-state index < -0.39 is 0 Å². The molecule has 2 aromatic heterocycles. The van der Waals surface area contributed by atoms with Crippen molar-refractivity contribution in [3.63, 3.8) is 0 Å². The van der Waals surface area contributed by atoms with Crippen LogP contribution in [0.5, 0.6) is 0 Å². The molecule has 0 spiro atoms. The van der Waals surface area contributed by atoms with E-state index in [0.29, 0.717) is 6.04 Å². The molecule has 3 rings (SSSR count). The molecule has 5 heteroatoms. The second kappa shape index (κ2) is 8.83. The van der Waals surface area contributed by atoms with Crippen molar-refractivity contribution in [2.75, 3.05) is 18.5 Å². The second-order valence-corrected chi connectivity index (χ2v) is 6.45. The van der Waals surface area contributed by atoms with Crippen LogP contribution in [0.4, 0.5) is 5.82 Å². The average molecular weight is 328 g/mol. The highest BCUT2D eigenvalue weighted by Crippen LogP contribution is 2.15. The smallest absolute Gasteiger partial charge is 0.154 e. The molecule has 24 heavy (non-hydrogen) atoms. The third-order valence-electron chi connectivity index (χ3n) is 4.47. The van der Waals surface area contributed by atoms with E-state index in [-0.39, 0.29) is 0 Å². The van der Waals surface area contributed by atoms with E-state index in [0.717, 1.165) is 49.6 Å². The lowest BCUT2D eigenvalue weighted by atomic mass is 10.1. The molecule has 1 saturated heterocycles. The summed E-state index contributed by atoms with van der Waals surface area (Å²) in [5, 5.41) is 8.23. The zero-order chi connectivity index (χ0) is 16.6. The van der Waals surface area contributed by atoms with E-state index >= 15 is 0 Å². The number of nitrogens with zero attached hydrogens (tertiary/aromatic N) is 3. The summed E-state index contributed by atoms with van der Waals surface area (Å²) in [5.74, 6) is 0.907. The Morgan fingerprint density at radius 1 is 1.25 bits per heavy atom. The minimum atomic E-state index is 0.449. The SMILES string of the molecule is CCCCCCC=Cc1cnc2ccc(NC3CCOCC3)nn12. The first kappa shape index (κ1) is 17.0. The summed E-state index contributed by atoms with van der Waals surface area (Å²) >= 11 is 0. The van der Waals surface area contributed by atoms with E-state index in [2.05, 4.69) is 29.4 Å². The number of allylic oxidation sites excluding steroid dienone is 1. The van der Waals surface area contributed by atoms with Crippen molar-refractivity contribution in [1.29, 1.82) is 0 Å². The number of unbranched alkanes of at least 4 members (excludes halogenated alkanes) is 4. The molecule has 0 radical (unpaired) electrons. The van der Waals surface area contributed by atoms with E-state index in [1.165, 1.54) is 25.7 Å². The molecule has 0 atom stereocenters. The molecule has 1 aliphatic rings. The van der Waals surface area contributed by atoms with E-state index in [1.54, 1.807) is 0 Å². The lowest BCUT2D eigenvalue weighted by Gasteiger charge is -2.23. The first-order valence-electron chi connectivity index (χ1n) is 9.22. The van der Waals surface area contributed by atoms with Crippen LogP contribution in [-0.4, -0.2) is 33.9 Å². The van der Waals surface area contributed by atoms with Gasteiger partial charge in [0, 0.05) is 19.3 Å². The van der Waals surface area contributed by atoms with Crippen LogP contribution in [0.25, 0.3) is 11.7 Å². The molecule has 2 aromatic rings. The highest BCUT2D eigenvalue weighted by molar-refractivity contribution is 5.53. The first-order valence-corrected chi connectivity index (χ1v) is 9.22.